The molecule has 1 aromatic carbocycles. The Hall–Kier alpha value is -1.02. The molecule has 0 aliphatic rings. The molecular weight excluding hydrogens is 220 g/mol. The van der Waals surface area contributed by atoms with Crippen LogP contribution in [-0.2, 0) is 0 Å². The van der Waals surface area contributed by atoms with Crippen LogP contribution in [0.15, 0.2) is 24.3 Å². The van der Waals surface area contributed by atoms with Gasteiger partial charge in [-0.3, -0.25) is 0 Å². The van der Waals surface area contributed by atoms with Gasteiger partial charge in [0.2, 0.25) is 0 Å². The van der Waals surface area contributed by atoms with Gasteiger partial charge in [-0.05, 0) is 37.0 Å². The minimum absolute atomic E-state index is 0.170. The summed E-state index contributed by atoms with van der Waals surface area (Å²) in [5.41, 5.74) is 8.59. The molecule has 2 atom stereocenters. The van der Waals surface area contributed by atoms with Crippen LogP contribution in [0.2, 0.25) is 0 Å². The molecule has 0 aliphatic heterocycles. The molecule has 0 heterocycles. The maximum Gasteiger partial charge on any atom is 0.0366 e. The third kappa shape index (κ3) is 4.02. The van der Waals surface area contributed by atoms with Crippen molar-refractivity contribution in [1.29, 1.82) is 0 Å². The first kappa shape index (κ1) is 15.0. The second-order valence-electron chi connectivity index (χ2n) is 5.16. The smallest absolute Gasteiger partial charge is 0.0366 e. The van der Waals surface area contributed by atoms with Crippen LogP contribution in [0.4, 0.5) is 5.69 Å². The largest absolute Gasteiger partial charge is 0.372 e. The molecule has 0 saturated carbocycles. The fraction of sp³-hybridized carbons (Fsp3) is 0.625. The molecule has 0 fully saturated rings. The third-order valence-electron chi connectivity index (χ3n) is 3.74. The lowest BCUT2D eigenvalue weighted by Crippen LogP contribution is -2.28. The number of rotatable bonds is 7. The Bertz CT molecular complexity index is 331. The van der Waals surface area contributed by atoms with Crippen LogP contribution in [0.5, 0.6) is 0 Å². The van der Waals surface area contributed by atoms with E-state index < -0.39 is 0 Å². The van der Waals surface area contributed by atoms with Crippen LogP contribution in [0.25, 0.3) is 0 Å². The Labute approximate surface area is 112 Å². The van der Waals surface area contributed by atoms with E-state index in [1.807, 2.05) is 0 Å². The van der Waals surface area contributed by atoms with E-state index in [1.165, 1.54) is 17.7 Å². The van der Waals surface area contributed by atoms with E-state index in [1.54, 1.807) is 0 Å². The van der Waals surface area contributed by atoms with Gasteiger partial charge >= 0.3 is 0 Å². The first-order chi connectivity index (χ1) is 8.62. The van der Waals surface area contributed by atoms with Crippen LogP contribution in [0.1, 0.15) is 52.1 Å². The molecule has 1 rings (SSSR count). The molecule has 2 unspecified atom stereocenters. The van der Waals surface area contributed by atoms with Crippen molar-refractivity contribution in [3.63, 3.8) is 0 Å². The highest BCUT2D eigenvalue weighted by atomic mass is 15.1. The summed E-state index contributed by atoms with van der Waals surface area (Å²) in [4.78, 5) is 2.44. The highest BCUT2D eigenvalue weighted by Crippen LogP contribution is 2.21. The highest BCUT2D eigenvalue weighted by molar-refractivity contribution is 5.48. The fourth-order valence-corrected chi connectivity index (χ4v) is 2.09. The van der Waals surface area contributed by atoms with Crippen molar-refractivity contribution < 1.29 is 0 Å². The molecule has 0 radical (unpaired) electrons. The summed E-state index contributed by atoms with van der Waals surface area (Å²) in [6, 6.07) is 8.92. The molecular formula is C16H28N2. The molecule has 0 spiro atoms. The van der Waals surface area contributed by atoms with Crippen molar-refractivity contribution in [3.8, 4) is 0 Å². The van der Waals surface area contributed by atoms with Gasteiger partial charge in [-0.25, -0.2) is 0 Å². The summed E-state index contributed by atoms with van der Waals surface area (Å²) in [5, 5.41) is 0. The van der Waals surface area contributed by atoms with Gasteiger partial charge in [0, 0.05) is 24.8 Å². The normalized spacial score (nSPS) is 14.3. The SMILES string of the molecule is CCC(C)CN(CC)c1ccc(C(N)CC)cc1. The minimum Gasteiger partial charge on any atom is -0.372 e. The average Bonchev–Trinajstić information content (AvgIpc) is 2.43. The summed E-state index contributed by atoms with van der Waals surface area (Å²) >= 11 is 0. The Morgan fingerprint density at radius 2 is 1.67 bits per heavy atom. The standard InChI is InChI=1S/C16H28N2/c1-5-13(4)12-18(7-3)15-10-8-14(9-11-15)16(17)6-2/h8-11,13,16H,5-7,12,17H2,1-4H3. The van der Waals surface area contributed by atoms with E-state index in [0.29, 0.717) is 0 Å². The fourth-order valence-electron chi connectivity index (χ4n) is 2.09. The molecule has 0 bridgehead atoms. The topological polar surface area (TPSA) is 29.3 Å². The highest BCUT2D eigenvalue weighted by Gasteiger charge is 2.09. The van der Waals surface area contributed by atoms with E-state index in [-0.39, 0.29) is 6.04 Å². The van der Waals surface area contributed by atoms with E-state index in [4.69, 9.17) is 5.73 Å². The van der Waals surface area contributed by atoms with Crippen LogP contribution in [0, 0.1) is 5.92 Å². The summed E-state index contributed by atoms with van der Waals surface area (Å²) in [7, 11) is 0. The molecule has 1 aromatic rings. The molecule has 18 heavy (non-hydrogen) atoms. The molecule has 0 amide bonds. The maximum atomic E-state index is 6.04. The summed E-state index contributed by atoms with van der Waals surface area (Å²) in [6.07, 6.45) is 2.22. The van der Waals surface area contributed by atoms with Gasteiger partial charge in [-0.2, -0.15) is 0 Å². The zero-order valence-electron chi connectivity index (χ0n) is 12.3. The zero-order chi connectivity index (χ0) is 13.5. The van der Waals surface area contributed by atoms with Crippen LogP contribution >= 0.6 is 0 Å². The van der Waals surface area contributed by atoms with Gasteiger partial charge in [0.05, 0.1) is 0 Å². The summed E-state index contributed by atoms with van der Waals surface area (Å²) < 4.78 is 0. The molecule has 0 saturated heterocycles. The van der Waals surface area contributed by atoms with Gasteiger partial charge in [0.15, 0.2) is 0 Å². The van der Waals surface area contributed by atoms with Crippen LogP contribution in [0.3, 0.4) is 0 Å². The average molecular weight is 248 g/mol. The van der Waals surface area contributed by atoms with Gasteiger partial charge in [-0.15, -0.1) is 0 Å². The number of hydrogen-bond acceptors (Lipinski definition) is 2. The third-order valence-corrected chi connectivity index (χ3v) is 3.74. The van der Waals surface area contributed by atoms with E-state index in [2.05, 4.69) is 56.9 Å². The van der Waals surface area contributed by atoms with Crippen molar-refractivity contribution in [1.82, 2.24) is 0 Å². The lowest BCUT2D eigenvalue weighted by atomic mass is 10.0. The number of benzene rings is 1. The van der Waals surface area contributed by atoms with E-state index >= 15 is 0 Å². The summed E-state index contributed by atoms with van der Waals surface area (Å²) in [6.45, 7) is 11.1. The zero-order valence-corrected chi connectivity index (χ0v) is 12.3. The second kappa shape index (κ2) is 7.42. The van der Waals surface area contributed by atoms with Crippen molar-refractivity contribution in [2.24, 2.45) is 11.7 Å². The lowest BCUT2D eigenvalue weighted by molar-refractivity contribution is 0.548. The Balaban J connectivity index is 2.75. The molecule has 0 aliphatic carbocycles. The van der Waals surface area contributed by atoms with Gasteiger partial charge in [0.1, 0.15) is 0 Å². The molecule has 0 aromatic heterocycles. The minimum atomic E-state index is 0.170. The number of hydrogen-bond donors (Lipinski definition) is 1. The predicted molar refractivity (Wildman–Crippen MR) is 81.0 cm³/mol. The molecule has 2 heteroatoms. The quantitative estimate of drug-likeness (QED) is 0.791. The number of nitrogens with zero attached hydrogens (tertiary/aromatic N) is 1. The predicted octanol–water partition coefficient (Wildman–Crippen LogP) is 3.97. The van der Waals surface area contributed by atoms with Crippen molar-refractivity contribution in [2.45, 2.75) is 46.6 Å². The first-order valence-electron chi connectivity index (χ1n) is 7.22. The lowest BCUT2D eigenvalue weighted by Gasteiger charge is -2.26. The van der Waals surface area contributed by atoms with Crippen molar-refractivity contribution in [3.05, 3.63) is 29.8 Å². The Kier molecular flexibility index (Phi) is 6.20. The maximum absolute atomic E-state index is 6.04. The van der Waals surface area contributed by atoms with Crippen LogP contribution in [-0.4, -0.2) is 13.1 Å². The molecule has 102 valence electrons. The van der Waals surface area contributed by atoms with Gasteiger partial charge < -0.3 is 10.6 Å². The van der Waals surface area contributed by atoms with Crippen molar-refractivity contribution in [2.75, 3.05) is 18.0 Å². The molecule has 2 nitrogen and oxygen atoms in total. The van der Waals surface area contributed by atoms with Gasteiger partial charge in [0.25, 0.3) is 0 Å². The van der Waals surface area contributed by atoms with Crippen molar-refractivity contribution >= 4 is 5.69 Å². The first-order valence-corrected chi connectivity index (χ1v) is 7.22. The number of anilines is 1. The van der Waals surface area contributed by atoms with Crippen LogP contribution < -0.4 is 10.6 Å². The van der Waals surface area contributed by atoms with E-state index in [9.17, 15) is 0 Å². The number of nitrogens with two attached hydrogens (primary N) is 1. The monoisotopic (exact) mass is 248 g/mol. The van der Waals surface area contributed by atoms with E-state index in [0.717, 1.165) is 25.4 Å². The molecule has 2 N–H and O–H groups in total. The van der Waals surface area contributed by atoms with Gasteiger partial charge in [-0.1, -0.05) is 39.3 Å². The second-order valence-corrected chi connectivity index (χ2v) is 5.16. The Morgan fingerprint density at radius 1 is 1.06 bits per heavy atom. The Morgan fingerprint density at radius 3 is 2.11 bits per heavy atom. The summed E-state index contributed by atoms with van der Waals surface area (Å²) in [5.74, 6) is 0.738.